The summed E-state index contributed by atoms with van der Waals surface area (Å²) in [4.78, 5) is 0. The van der Waals surface area contributed by atoms with Crippen LogP contribution >= 0.6 is 0 Å². The molecule has 1 aliphatic rings. The Morgan fingerprint density at radius 2 is 2.37 bits per heavy atom. The van der Waals surface area contributed by atoms with Crippen molar-refractivity contribution in [1.29, 1.82) is 0 Å². The first-order valence-corrected chi connectivity index (χ1v) is 7.48. The van der Waals surface area contributed by atoms with E-state index in [1.807, 2.05) is 10.9 Å². The number of nitrogens with one attached hydrogen (secondary N) is 1. The van der Waals surface area contributed by atoms with Gasteiger partial charge in [-0.25, -0.2) is 4.68 Å². The minimum atomic E-state index is 0.652. The lowest BCUT2D eigenvalue weighted by atomic mass is 10.1. The van der Waals surface area contributed by atoms with Crippen molar-refractivity contribution in [2.45, 2.75) is 58.7 Å². The molecule has 1 atom stereocenters. The summed E-state index contributed by atoms with van der Waals surface area (Å²) < 4.78 is 7.53. The molecule has 0 spiro atoms. The van der Waals surface area contributed by atoms with E-state index in [1.54, 1.807) is 0 Å². The second-order valence-corrected chi connectivity index (χ2v) is 5.60. The van der Waals surface area contributed by atoms with Crippen molar-refractivity contribution in [2.75, 3.05) is 13.2 Å². The van der Waals surface area contributed by atoms with E-state index in [4.69, 9.17) is 4.74 Å². The van der Waals surface area contributed by atoms with E-state index in [0.29, 0.717) is 18.6 Å². The maximum Gasteiger partial charge on any atom is 0.0964 e. The molecule has 0 amide bonds. The van der Waals surface area contributed by atoms with Crippen molar-refractivity contribution in [1.82, 2.24) is 20.3 Å². The Morgan fingerprint density at radius 1 is 1.53 bits per heavy atom. The van der Waals surface area contributed by atoms with E-state index < -0.39 is 0 Å². The molecule has 2 rings (SSSR count). The Labute approximate surface area is 115 Å². The van der Waals surface area contributed by atoms with Gasteiger partial charge in [0.2, 0.25) is 0 Å². The molecule has 5 heteroatoms. The number of hydrogen-bond donors (Lipinski definition) is 1. The highest BCUT2D eigenvalue weighted by Crippen LogP contribution is 2.18. The molecule has 0 saturated heterocycles. The maximum atomic E-state index is 5.67. The molecule has 1 N–H and O–H groups in total. The lowest BCUT2D eigenvalue weighted by Crippen LogP contribution is -2.15. The monoisotopic (exact) mass is 266 g/mol. The highest BCUT2D eigenvalue weighted by atomic mass is 16.5. The predicted octanol–water partition coefficient (Wildman–Crippen LogP) is 1.98. The normalized spacial score (nSPS) is 16.7. The second kappa shape index (κ2) is 7.60. The van der Waals surface area contributed by atoms with Gasteiger partial charge in [0, 0.05) is 25.4 Å². The summed E-state index contributed by atoms with van der Waals surface area (Å²) in [5, 5.41) is 11.7. The van der Waals surface area contributed by atoms with Gasteiger partial charge in [-0.2, -0.15) is 0 Å². The third-order valence-corrected chi connectivity index (χ3v) is 3.38. The van der Waals surface area contributed by atoms with Crippen LogP contribution < -0.4 is 5.32 Å². The van der Waals surface area contributed by atoms with Crippen molar-refractivity contribution < 1.29 is 4.74 Å². The van der Waals surface area contributed by atoms with Crippen molar-refractivity contribution in [3.05, 3.63) is 11.9 Å². The molecule has 1 unspecified atom stereocenters. The van der Waals surface area contributed by atoms with Crippen LogP contribution in [0.4, 0.5) is 0 Å². The first-order valence-electron chi connectivity index (χ1n) is 7.48. The van der Waals surface area contributed by atoms with Crippen LogP contribution in [0.1, 0.15) is 45.2 Å². The topological polar surface area (TPSA) is 52.0 Å². The van der Waals surface area contributed by atoms with Crippen molar-refractivity contribution in [3.63, 3.8) is 0 Å². The maximum absolute atomic E-state index is 5.67. The number of ether oxygens (including phenoxy) is 1. The Morgan fingerprint density at radius 3 is 3.11 bits per heavy atom. The molecule has 19 heavy (non-hydrogen) atoms. The van der Waals surface area contributed by atoms with Crippen molar-refractivity contribution in [3.8, 4) is 0 Å². The molecule has 1 saturated carbocycles. The fraction of sp³-hybridized carbons (Fsp3) is 0.857. The first kappa shape index (κ1) is 14.5. The van der Waals surface area contributed by atoms with Crippen LogP contribution in [0.15, 0.2) is 6.20 Å². The van der Waals surface area contributed by atoms with Gasteiger partial charge in [0.15, 0.2) is 0 Å². The standard InChI is InChI=1S/C14H26N4O/c1-3-4-12(2)11-19-8-7-18-10-14(16-17-18)9-15-13-5-6-13/h10,12-13,15H,3-9,11H2,1-2H3. The Balaban J connectivity index is 1.57. The van der Waals surface area contributed by atoms with Crippen LogP contribution in [0.2, 0.25) is 0 Å². The molecule has 1 aliphatic carbocycles. The predicted molar refractivity (Wildman–Crippen MR) is 74.8 cm³/mol. The Bertz CT molecular complexity index is 362. The van der Waals surface area contributed by atoms with Gasteiger partial charge >= 0.3 is 0 Å². The molecular weight excluding hydrogens is 240 g/mol. The zero-order chi connectivity index (χ0) is 13.5. The van der Waals surface area contributed by atoms with Crippen LogP contribution in [0, 0.1) is 5.92 Å². The van der Waals surface area contributed by atoms with Crippen molar-refractivity contribution >= 4 is 0 Å². The van der Waals surface area contributed by atoms with E-state index in [-0.39, 0.29) is 0 Å². The van der Waals surface area contributed by atoms with Crippen LogP contribution in [-0.4, -0.2) is 34.2 Å². The lowest BCUT2D eigenvalue weighted by molar-refractivity contribution is 0.0931. The molecule has 0 radical (unpaired) electrons. The molecule has 108 valence electrons. The number of hydrogen-bond acceptors (Lipinski definition) is 4. The number of nitrogens with zero attached hydrogens (tertiary/aromatic N) is 3. The van der Waals surface area contributed by atoms with E-state index in [0.717, 1.165) is 25.4 Å². The van der Waals surface area contributed by atoms with E-state index >= 15 is 0 Å². The van der Waals surface area contributed by atoms with Crippen LogP contribution in [0.3, 0.4) is 0 Å². The molecular formula is C14H26N4O. The molecule has 0 aromatic carbocycles. The van der Waals surface area contributed by atoms with Gasteiger partial charge < -0.3 is 10.1 Å². The number of aromatic nitrogens is 3. The summed E-state index contributed by atoms with van der Waals surface area (Å²) in [5.41, 5.74) is 1.02. The lowest BCUT2D eigenvalue weighted by Gasteiger charge is -2.10. The molecule has 5 nitrogen and oxygen atoms in total. The summed E-state index contributed by atoms with van der Waals surface area (Å²) >= 11 is 0. The Kier molecular flexibility index (Phi) is 5.79. The van der Waals surface area contributed by atoms with E-state index in [1.165, 1.54) is 25.7 Å². The van der Waals surface area contributed by atoms with Gasteiger partial charge in [0.1, 0.15) is 0 Å². The minimum absolute atomic E-state index is 0.652. The van der Waals surface area contributed by atoms with Gasteiger partial charge in [0.25, 0.3) is 0 Å². The highest BCUT2D eigenvalue weighted by Gasteiger charge is 2.20. The van der Waals surface area contributed by atoms with Gasteiger partial charge in [0.05, 0.1) is 18.8 Å². The summed E-state index contributed by atoms with van der Waals surface area (Å²) in [6.07, 6.45) is 7.08. The highest BCUT2D eigenvalue weighted by molar-refractivity contribution is 4.94. The molecule has 0 bridgehead atoms. The number of rotatable bonds is 10. The second-order valence-electron chi connectivity index (χ2n) is 5.60. The third kappa shape index (κ3) is 5.70. The summed E-state index contributed by atoms with van der Waals surface area (Å²) in [6.45, 7) is 7.63. The van der Waals surface area contributed by atoms with Crippen molar-refractivity contribution in [2.24, 2.45) is 5.92 Å². The SMILES string of the molecule is CCCC(C)COCCn1cc(CNC2CC2)nn1. The van der Waals surface area contributed by atoms with E-state index in [2.05, 4.69) is 29.5 Å². The molecule has 1 aromatic heterocycles. The summed E-state index contributed by atoms with van der Waals surface area (Å²) in [7, 11) is 0. The fourth-order valence-electron chi connectivity index (χ4n) is 2.08. The van der Waals surface area contributed by atoms with Crippen LogP contribution in [-0.2, 0) is 17.8 Å². The van der Waals surface area contributed by atoms with Gasteiger partial charge in [-0.3, -0.25) is 0 Å². The quantitative estimate of drug-likeness (QED) is 0.658. The van der Waals surface area contributed by atoms with Crippen LogP contribution in [0.5, 0.6) is 0 Å². The zero-order valence-electron chi connectivity index (χ0n) is 12.1. The average molecular weight is 266 g/mol. The smallest absolute Gasteiger partial charge is 0.0964 e. The van der Waals surface area contributed by atoms with E-state index in [9.17, 15) is 0 Å². The minimum Gasteiger partial charge on any atom is -0.379 e. The first-order chi connectivity index (χ1) is 9.28. The molecule has 0 aliphatic heterocycles. The van der Waals surface area contributed by atoms with Gasteiger partial charge in [-0.1, -0.05) is 25.5 Å². The molecule has 1 aromatic rings. The summed E-state index contributed by atoms with van der Waals surface area (Å²) in [6, 6.07) is 0.716. The zero-order valence-corrected chi connectivity index (χ0v) is 12.1. The third-order valence-electron chi connectivity index (χ3n) is 3.38. The molecule has 1 heterocycles. The largest absolute Gasteiger partial charge is 0.379 e. The fourth-order valence-corrected chi connectivity index (χ4v) is 2.08. The summed E-state index contributed by atoms with van der Waals surface area (Å²) in [5.74, 6) is 0.652. The average Bonchev–Trinajstić information content (AvgIpc) is 3.12. The molecule has 1 fully saturated rings. The van der Waals surface area contributed by atoms with Gasteiger partial charge in [-0.05, 0) is 25.2 Å². The van der Waals surface area contributed by atoms with Gasteiger partial charge in [-0.15, -0.1) is 5.10 Å². The Hall–Kier alpha value is -0.940. The van der Waals surface area contributed by atoms with Crippen LogP contribution in [0.25, 0.3) is 0 Å².